The van der Waals surface area contributed by atoms with Gasteiger partial charge in [0, 0.05) is 25.1 Å². The van der Waals surface area contributed by atoms with Crippen LogP contribution in [0.15, 0.2) is 0 Å². The molecule has 21 heavy (non-hydrogen) atoms. The van der Waals surface area contributed by atoms with Gasteiger partial charge in [-0.3, -0.25) is 0 Å². The van der Waals surface area contributed by atoms with Crippen molar-refractivity contribution in [2.75, 3.05) is 25.1 Å². The van der Waals surface area contributed by atoms with E-state index >= 15 is 0 Å². The average molecular weight is 314 g/mol. The fourth-order valence-electron chi connectivity index (χ4n) is 2.78. The number of hydrogen-bond acceptors (Lipinski definition) is 5. The molecule has 0 aromatic carbocycles. The molecule has 1 aromatic heterocycles. The summed E-state index contributed by atoms with van der Waals surface area (Å²) >= 11 is 0. The van der Waals surface area contributed by atoms with Crippen molar-refractivity contribution in [2.45, 2.75) is 45.6 Å². The zero-order valence-corrected chi connectivity index (χ0v) is 14.0. The van der Waals surface area contributed by atoms with Gasteiger partial charge in [0.2, 0.25) is 0 Å². The molecular weight excluding hydrogens is 288 g/mol. The van der Waals surface area contributed by atoms with Gasteiger partial charge < -0.3 is 9.88 Å². The maximum atomic E-state index is 11.1. The molecule has 0 aliphatic carbocycles. The highest BCUT2D eigenvalue weighted by Gasteiger charge is 2.23. The zero-order chi connectivity index (χ0) is 15.5. The Morgan fingerprint density at radius 1 is 1.38 bits per heavy atom. The van der Waals surface area contributed by atoms with Crippen LogP contribution in [0.4, 0.5) is 0 Å². The molecule has 0 fully saturated rings. The van der Waals surface area contributed by atoms with E-state index in [2.05, 4.69) is 33.9 Å². The van der Waals surface area contributed by atoms with Crippen molar-refractivity contribution in [3.63, 3.8) is 0 Å². The Hall–Kier alpha value is -0.950. The molecule has 0 amide bonds. The first kappa shape index (κ1) is 16.4. The maximum Gasteiger partial charge on any atom is 0.147 e. The summed E-state index contributed by atoms with van der Waals surface area (Å²) in [4.78, 5) is 0. The fraction of sp³-hybridized carbons (Fsp3) is 0.857. The lowest BCUT2D eigenvalue weighted by molar-refractivity contribution is 0.341. The van der Waals surface area contributed by atoms with Gasteiger partial charge in [-0.25, -0.2) is 8.42 Å². The highest BCUT2D eigenvalue weighted by Crippen LogP contribution is 2.22. The summed E-state index contributed by atoms with van der Waals surface area (Å²) in [6.07, 6.45) is 4.07. The number of hydrogen-bond donors (Lipinski definition) is 1. The Labute approximate surface area is 127 Å². The average Bonchev–Trinajstić information content (AvgIpc) is 2.80. The Kier molecular flexibility index (Phi) is 5.37. The molecule has 1 aromatic rings. The van der Waals surface area contributed by atoms with E-state index in [1.165, 1.54) is 6.26 Å². The van der Waals surface area contributed by atoms with Crippen molar-refractivity contribution < 1.29 is 8.42 Å². The smallest absolute Gasteiger partial charge is 0.147 e. The van der Waals surface area contributed by atoms with Gasteiger partial charge in [-0.1, -0.05) is 13.8 Å². The number of aryl methyl sites for hydroxylation is 1. The van der Waals surface area contributed by atoms with Crippen LogP contribution in [0.25, 0.3) is 0 Å². The molecule has 120 valence electrons. The molecule has 0 bridgehead atoms. The first-order chi connectivity index (χ1) is 9.87. The van der Waals surface area contributed by atoms with Crippen LogP contribution < -0.4 is 5.32 Å². The van der Waals surface area contributed by atoms with Gasteiger partial charge in [-0.2, -0.15) is 0 Å². The first-order valence-corrected chi connectivity index (χ1v) is 9.73. The molecule has 0 saturated heterocycles. The molecule has 1 atom stereocenters. The topological polar surface area (TPSA) is 76.9 Å². The molecule has 0 saturated carbocycles. The molecule has 0 spiro atoms. The summed E-state index contributed by atoms with van der Waals surface area (Å²) in [7, 11) is -2.84. The quantitative estimate of drug-likeness (QED) is 0.760. The van der Waals surface area contributed by atoms with Crippen molar-refractivity contribution in [1.82, 2.24) is 20.1 Å². The predicted octanol–water partition coefficient (Wildman–Crippen LogP) is 0.988. The SMILES string of the molecule is CC(C)c1nnc2n1C[C@H](CNCCCS(C)(=O)=O)CC2. The van der Waals surface area contributed by atoms with Gasteiger partial charge in [0.25, 0.3) is 0 Å². The highest BCUT2D eigenvalue weighted by molar-refractivity contribution is 7.90. The van der Waals surface area contributed by atoms with Crippen LogP contribution in [0.1, 0.15) is 44.3 Å². The Morgan fingerprint density at radius 2 is 2.14 bits per heavy atom. The summed E-state index contributed by atoms with van der Waals surface area (Å²) in [6, 6.07) is 0. The van der Waals surface area contributed by atoms with Gasteiger partial charge in [-0.15, -0.1) is 10.2 Å². The van der Waals surface area contributed by atoms with E-state index in [4.69, 9.17) is 0 Å². The molecule has 1 aliphatic heterocycles. The number of aromatic nitrogens is 3. The van der Waals surface area contributed by atoms with E-state index in [0.29, 0.717) is 18.3 Å². The molecule has 6 nitrogen and oxygen atoms in total. The van der Waals surface area contributed by atoms with Gasteiger partial charge in [0.15, 0.2) is 0 Å². The van der Waals surface area contributed by atoms with Crippen molar-refractivity contribution in [2.24, 2.45) is 5.92 Å². The maximum absolute atomic E-state index is 11.1. The van der Waals surface area contributed by atoms with Crippen molar-refractivity contribution in [3.05, 3.63) is 11.6 Å². The number of nitrogens with zero attached hydrogens (tertiary/aromatic N) is 3. The van der Waals surface area contributed by atoms with Crippen molar-refractivity contribution in [3.8, 4) is 0 Å². The van der Waals surface area contributed by atoms with E-state index in [0.717, 1.165) is 44.1 Å². The van der Waals surface area contributed by atoms with E-state index < -0.39 is 9.84 Å². The van der Waals surface area contributed by atoms with Crippen molar-refractivity contribution in [1.29, 1.82) is 0 Å². The minimum atomic E-state index is -2.84. The minimum Gasteiger partial charge on any atom is -0.316 e. The second-order valence-electron chi connectivity index (χ2n) is 6.33. The van der Waals surface area contributed by atoms with Gasteiger partial charge in [-0.05, 0) is 31.8 Å². The van der Waals surface area contributed by atoms with Crippen LogP contribution in [0.5, 0.6) is 0 Å². The summed E-state index contributed by atoms with van der Waals surface area (Å²) in [5.41, 5.74) is 0. The van der Waals surface area contributed by atoms with Crippen LogP contribution in [0.2, 0.25) is 0 Å². The number of sulfone groups is 1. The molecule has 0 radical (unpaired) electrons. The molecule has 1 N–H and O–H groups in total. The summed E-state index contributed by atoms with van der Waals surface area (Å²) < 4.78 is 24.4. The number of nitrogens with one attached hydrogen (secondary N) is 1. The molecule has 1 aliphatic rings. The van der Waals surface area contributed by atoms with Gasteiger partial charge >= 0.3 is 0 Å². The third-order valence-electron chi connectivity index (χ3n) is 3.89. The number of rotatable bonds is 7. The fourth-order valence-corrected chi connectivity index (χ4v) is 3.44. The molecule has 2 rings (SSSR count). The Morgan fingerprint density at radius 3 is 2.81 bits per heavy atom. The molecule has 0 unspecified atom stereocenters. The minimum absolute atomic E-state index is 0.262. The monoisotopic (exact) mass is 314 g/mol. The lowest BCUT2D eigenvalue weighted by atomic mass is 9.98. The van der Waals surface area contributed by atoms with E-state index in [9.17, 15) is 8.42 Å². The zero-order valence-electron chi connectivity index (χ0n) is 13.2. The summed E-state index contributed by atoms with van der Waals surface area (Å²) in [6.45, 7) is 6.94. The van der Waals surface area contributed by atoms with Gasteiger partial charge in [0.1, 0.15) is 21.5 Å². The largest absolute Gasteiger partial charge is 0.316 e. The van der Waals surface area contributed by atoms with E-state index in [1.54, 1.807) is 0 Å². The normalized spacial score (nSPS) is 19.0. The summed E-state index contributed by atoms with van der Waals surface area (Å²) in [5, 5.41) is 12.0. The molecule has 2 heterocycles. The van der Waals surface area contributed by atoms with E-state index in [-0.39, 0.29) is 5.75 Å². The second-order valence-corrected chi connectivity index (χ2v) is 8.59. The van der Waals surface area contributed by atoms with Crippen LogP contribution in [0, 0.1) is 5.92 Å². The van der Waals surface area contributed by atoms with Crippen LogP contribution in [-0.4, -0.2) is 48.3 Å². The van der Waals surface area contributed by atoms with Crippen LogP contribution >= 0.6 is 0 Å². The molecular formula is C14H26N4O2S. The third-order valence-corrected chi connectivity index (χ3v) is 4.92. The first-order valence-electron chi connectivity index (χ1n) is 7.67. The second kappa shape index (κ2) is 6.87. The standard InChI is InChI=1S/C14H26N4O2S/c1-11(2)14-17-16-13-6-5-12(10-18(13)14)9-15-7-4-8-21(3,19)20/h11-12,15H,4-10H2,1-3H3/t12-/m0/s1. The third kappa shape index (κ3) is 4.78. The Balaban J connectivity index is 1.78. The van der Waals surface area contributed by atoms with E-state index in [1.807, 2.05) is 0 Å². The Bertz CT molecular complexity index is 566. The lowest BCUT2D eigenvalue weighted by Gasteiger charge is -2.25. The highest BCUT2D eigenvalue weighted by atomic mass is 32.2. The van der Waals surface area contributed by atoms with Gasteiger partial charge in [0.05, 0.1) is 5.75 Å². The lowest BCUT2D eigenvalue weighted by Crippen LogP contribution is -2.31. The van der Waals surface area contributed by atoms with Crippen LogP contribution in [-0.2, 0) is 22.8 Å². The number of fused-ring (bicyclic) bond motifs is 1. The summed E-state index contributed by atoms with van der Waals surface area (Å²) in [5.74, 6) is 3.41. The van der Waals surface area contributed by atoms with Crippen molar-refractivity contribution >= 4 is 9.84 Å². The van der Waals surface area contributed by atoms with Crippen LogP contribution in [0.3, 0.4) is 0 Å². The predicted molar refractivity (Wildman–Crippen MR) is 83.1 cm³/mol. The molecule has 7 heteroatoms.